The molecule has 0 radical (unpaired) electrons. The summed E-state index contributed by atoms with van der Waals surface area (Å²) in [6.07, 6.45) is 3.83. The lowest BCUT2D eigenvalue weighted by molar-refractivity contribution is 0.0443. The van der Waals surface area contributed by atoms with Crippen molar-refractivity contribution in [3.63, 3.8) is 0 Å². The molecule has 4 heteroatoms. The van der Waals surface area contributed by atoms with Crippen LogP contribution >= 0.6 is 0 Å². The maximum Gasteiger partial charge on any atom is 0.347 e. The van der Waals surface area contributed by atoms with Crippen molar-refractivity contribution in [3.05, 3.63) is 71.3 Å². The third-order valence-electron chi connectivity index (χ3n) is 3.07. The molecule has 1 aliphatic rings. The smallest absolute Gasteiger partial charge is 0.347 e. The molecule has 1 aliphatic heterocycles. The number of esters is 2. The fourth-order valence-corrected chi connectivity index (χ4v) is 2.05. The number of benzene rings is 2. The van der Waals surface area contributed by atoms with Gasteiger partial charge in [0.25, 0.3) is 0 Å². The van der Waals surface area contributed by atoms with E-state index in [4.69, 9.17) is 4.74 Å². The molecule has 0 aromatic heterocycles. The average molecular weight is 280 g/mol. The van der Waals surface area contributed by atoms with Crippen LogP contribution in [0.25, 0.3) is 6.08 Å². The molecular formula is C17H12O4. The van der Waals surface area contributed by atoms with Crippen molar-refractivity contribution in [1.82, 2.24) is 0 Å². The fourth-order valence-electron chi connectivity index (χ4n) is 2.05. The van der Waals surface area contributed by atoms with Crippen molar-refractivity contribution >= 4 is 18.0 Å². The normalized spacial score (nSPS) is 13.3. The number of carbonyl (C=O) groups excluding carboxylic acids is 2. The van der Waals surface area contributed by atoms with Gasteiger partial charge in [0, 0.05) is 0 Å². The topological polar surface area (TPSA) is 52.6 Å². The van der Waals surface area contributed by atoms with E-state index in [-0.39, 0.29) is 11.1 Å². The number of hydrogen-bond donors (Lipinski definition) is 0. The molecule has 0 amide bonds. The van der Waals surface area contributed by atoms with E-state index in [1.54, 1.807) is 12.1 Å². The summed E-state index contributed by atoms with van der Waals surface area (Å²) < 4.78 is 10.1. The molecule has 0 saturated heterocycles. The van der Waals surface area contributed by atoms with Gasteiger partial charge in [-0.1, -0.05) is 36.4 Å². The molecule has 0 saturated carbocycles. The van der Waals surface area contributed by atoms with E-state index in [0.717, 1.165) is 5.56 Å². The highest BCUT2D eigenvalue weighted by molar-refractivity contribution is 6.14. The molecule has 104 valence electrons. The number of rotatable bonds is 4. The van der Waals surface area contributed by atoms with Gasteiger partial charge in [-0.2, -0.15) is 0 Å². The molecule has 0 atom stereocenters. The van der Waals surface area contributed by atoms with Crippen LogP contribution < -0.4 is 4.74 Å². The van der Waals surface area contributed by atoms with Crippen molar-refractivity contribution in [2.24, 2.45) is 0 Å². The molecule has 4 nitrogen and oxygen atoms in total. The first-order valence-corrected chi connectivity index (χ1v) is 6.49. The molecule has 0 spiro atoms. The predicted octanol–water partition coefficient (Wildman–Crippen LogP) is 3.09. The Kier molecular flexibility index (Phi) is 3.51. The molecule has 0 aliphatic carbocycles. The fraction of sp³-hybridized carbons (Fsp3) is 0.0588. The summed E-state index contributed by atoms with van der Waals surface area (Å²) in [5.41, 5.74) is 1.63. The van der Waals surface area contributed by atoms with Gasteiger partial charge < -0.3 is 9.47 Å². The first kappa shape index (κ1) is 13.1. The summed E-state index contributed by atoms with van der Waals surface area (Å²) in [6, 6.07) is 14.6. The zero-order valence-electron chi connectivity index (χ0n) is 11.1. The van der Waals surface area contributed by atoms with Gasteiger partial charge in [-0.25, -0.2) is 9.59 Å². The number of ether oxygens (including phenoxy) is 2. The summed E-state index contributed by atoms with van der Waals surface area (Å²) in [4.78, 5) is 22.7. The van der Waals surface area contributed by atoms with Gasteiger partial charge in [0.05, 0.1) is 11.1 Å². The Morgan fingerprint density at radius 1 is 0.952 bits per heavy atom. The van der Waals surface area contributed by atoms with Gasteiger partial charge in [0.1, 0.15) is 12.4 Å². The van der Waals surface area contributed by atoms with Crippen molar-refractivity contribution in [2.75, 3.05) is 6.61 Å². The van der Waals surface area contributed by atoms with Gasteiger partial charge in [0.2, 0.25) is 0 Å². The van der Waals surface area contributed by atoms with E-state index < -0.39 is 11.9 Å². The molecule has 3 rings (SSSR count). The Labute approximate surface area is 121 Å². The lowest BCUT2D eigenvalue weighted by Gasteiger charge is -2.03. The zero-order chi connectivity index (χ0) is 14.7. The molecule has 1 heterocycles. The number of hydrogen-bond acceptors (Lipinski definition) is 4. The lowest BCUT2D eigenvalue weighted by Crippen LogP contribution is -1.97. The molecule has 0 N–H and O–H groups in total. The van der Waals surface area contributed by atoms with Crippen LogP contribution in [0.2, 0.25) is 0 Å². The van der Waals surface area contributed by atoms with Gasteiger partial charge in [0.15, 0.2) is 0 Å². The SMILES string of the molecule is O=C1OC(=O)c2cc(OCC=Cc3ccccc3)ccc21. The minimum atomic E-state index is -0.625. The van der Waals surface area contributed by atoms with E-state index >= 15 is 0 Å². The standard InChI is InChI=1S/C17H12O4/c18-16-14-9-8-13(11-15(14)17(19)21-16)20-10-4-7-12-5-2-1-3-6-12/h1-9,11H,10H2. The number of fused-ring (bicyclic) bond motifs is 1. The first-order chi connectivity index (χ1) is 10.2. The van der Waals surface area contributed by atoms with Gasteiger partial charge in [-0.3, -0.25) is 0 Å². The number of carbonyl (C=O) groups is 2. The van der Waals surface area contributed by atoms with Crippen LogP contribution in [0.5, 0.6) is 5.75 Å². The molecule has 0 unspecified atom stereocenters. The second kappa shape index (κ2) is 5.63. The average Bonchev–Trinajstić information content (AvgIpc) is 2.79. The molecule has 2 aromatic rings. The Morgan fingerprint density at radius 2 is 1.71 bits per heavy atom. The van der Waals surface area contributed by atoms with E-state index in [9.17, 15) is 9.59 Å². The molecule has 0 bridgehead atoms. The van der Waals surface area contributed by atoms with Gasteiger partial charge >= 0.3 is 11.9 Å². The van der Waals surface area contributed by atoms with Gasteiger partial charge in [-0.05, 0) is 29.8 Å². The Bertz CT molecular complexity index is 717. The van der Waals surface area contributed by atoms with Crippen LogP contribution in [-0.2, 0) is 4.74 Å². The van der Waals surface area contributed by atoms with Gasteiger partial charge in [-0.15, -0.1) is 0 Å². The minimum absolute atomic E-state index is 0.254. The summed E-state index contributed by atoms with van der Waals surface area (Å²) in [6.45, 7) is 0.372. The summed E-state index contributed by atoms with van der Waals surface area (Å²) in [7, 11) is 0. The summed E-state index contributed by atoms with van der Waals surface area (Å²) in [5, 5.41) is 0. The van der Waals surface area contributed by atoms with Crippen LogP contribution in [0, 0.1) is 0 Å². The molecule has 0 fully saturated rings. The van der Waals surface area contributed by atoms with E-state index in [1.165, 1.54) is 6.07 Å². The molecule has 21 heavy (non-hydrogen) atoms. The first-order valence-electron chi connectivity index (χ1n) is 6.49. The highest BCUT2D eigenvalue weighted by Crippen LogP contribution is 2.24. The third kappa shape index (κ3) is 2.84. The third-order valence-corrected chi connectivity index (χ3v) is 3.07. The quantitative estimate of drug-likeness (QED) is 0.638. The Hall–Kier alpha value is -2.88. The zero-order valence-corrected chi connectivity index (χ0v) is 11.1. The van der Waals surface area contributed by atoms with Crippen LogP contribution in [0.4, 0.5) is 0 Å². The van der Waals surface area contributed by atoms with Crippen LogP contribution in [0.1, 0.15) is 26.3 Å². The Balaban J connectivity index is 1.64. The van der Waals surface area contributed by atoms with Crippen LogP contribution in [-0.4, -0.2) is 18.5 Å². The van der Waals surface area contributed by atoms with Crippen molar-refractivity contribution < 1.29 is 19.1 Å². The molecule has 2 aromatic carbocycles. The maximum absolute atomic E-state index is 11.4. The van der Waals surface area contributed by atoms with Crippen molar-refractivity contribution in [3.8, 4) is 5.75 Å². The van der Waals surface area contributed by atoms with E-state index in [2.05, 4.69) is 4.74 Å². The maximum atomic E-state index is 11.4. The largest absolute Gasteiger partial charge is 0.490 e. The second-order valence-corrected chi connectivity index (χ2v) is 4.51. The monoisotopic (exact) mass is 280 g/mol. The highest BCUT2D eigenvalue weighted by atomic mass is 16.6. The predicted molar refractivity (Wildman–Crippen MR) is 77.2 cm³/mol. The highest BCUT2D eigenvalue weighted by Gasteiger charge is 2.29. The number of cyclic esters (lactones) is 2. The second-order valence-electron chi connectivity index (χ2n) is 4.51. The summed E-state index contributed by atoms with van der Waals surface area (Å²) in [5.74, 6) is -0.705. The van der Waals surface area contributed by atoms with Crippen molar-refractivity contribution in [1.29, 1.82) is 0 Å². The summed E-state index contributed by atoms with van der Waals surface area (Å²) >= 11 is 0. The van der Waals surface area contributed by atoms with E-state index in [1.807, 2.05) is 42.5 Å². The lowest BCUT2D eigenvalue weighted by atomic mass is 10.1. The minimum Gasteiger partial charge on any atom is -0.490 e. The van der Waals surface area contributed by atoms with Crippen molar-refractivity contribution in [2.45, 2.75) is 0 Å². The van der Waals surface area contributed by atoms with Crippen LogP contribution in [0.15, 0.2) is 54.6 Å². The van der Waals surface area contributed by atoms with Crippen LogP contribution in [0.3, 0.4) is 0 Å². The molecular weight excluding hydrogens is 268 g/mol. The van der Waals surface area contributed by atoms with E-state index in [0.29, 0.717) is 12.4 Å². The Morgan fingerprint density at radius 3 is 2.52 bits per heavy atom.